The Labute approximate surface area is 147 Å². The first-order chi connectivity index (χ1) is 12.0. The van der Waals surface area contributed by atoms with E-state index in [2.05, 4.69) is 10.3 Å². The van der Waals surface area contributed by atoms with Crippen molar-refractivity contribution < 1.29 is 18.7 Å². The molecule has 0 radical (unpaired) electrons. The molecule has 5 nitrogen and oxygen atoms in total. The summed E-state index contributed by atoms with van der Waals surface area (Å²) in [6.45, 7) is 1.41. The minimum absolute atomic E-state index is 0.176. The van der Waals surface area contributed by atoms with Gasteiger partial charge in [0, 0.05) is 23.6 Å². The maximum absolute atomic E-state index is 13.0. The Kier molecular flexibility index (Phi) is 4.85. The fourth-order valence-electron chi connectivity index (χ4n) is 2.06. The van der Waals surface area contributed by atoms with E-state index in [-0.39, 0.29) is 17.4 Å². The number of ether oxygens (including phenoxy) is 1. The summed E-state index contributed by atoms with van der Waals surface area (Å²) >= 11 is 1.27. The number of hydrogen-bond donors (Lipinski definition) is 1. The number of benzene rings is 2. The number of carbonyl (C=O) groups excluding carboxylic acids is 2. The third kappa shape index (κ3) is 4.27. The molecule has 3 rings (SSSR count). The molecule has 0 spiro atoms. The average Bonchev–Trinajstić information content (AvgIpc) is 3.07. The zero-order valence-corrected chi connectivity index (χ0v) is 14.0. The van der Waals surface area contributed by atoms with Gasteiger partial charge in [-0.25, -0.2) is 14.2 Å². The molecule has 7 heteroatoms. The van der Waals surface area contributed by atoms with Gasteiger partial charge in [0.25, 0.3) is 0 Å². The summed E-state index contributed by atoms with van der Waals surface area (Å²) < 4.78 is 18.2. The summed E-state index contributed by atoms with van der Waals surface area (Å²) in [4.78, 5) is 27.4. The van der Waals surface area contributed by atoms with Gasteiger partial charge in [-0.2, -0.15) is 0 Å². The molecule has 3 aromatic rings. The predicted octanol–water partition coefficient (Wildman–Crippen LogP) is 4.13. The van der Waals surface area contributed by atoms with E-state index >= 15 is 0 Å². The number of rotatable bonds is 4. The quantitative estimate of drug-likeness (QED) is 0.564. The van der Waals surface area contributed by atoms with E-state index < -0.39 is 5.97 Å². The maximum atomic E-state index is 13.0. The first-order valence-corrected chi connectivity index (χ1v) is 8.20. The van der Waals surface area contributed by atoms with Crippen LogP contribution < -0.4 is 10.1 Å². The third-order valence-electron chi connectivity index (χ3n) is 3.19. The van der Waals surface area contributed by atoms with Crippen LogP contribution in [0.1, 0.15) is 17.4 Å². The van der Waals surface area contributed by atoms with Crippen molar-refractivity contribution in [2.45, 2.75) is 6.92 Å². The number of carbonyl (C=O) groups is 2. The van der Waals surface area contributed by atoms with Gasteiger partial charge in [-0.05, 0) is 48.5 Å². The maximum Gasteiger partial charge on any atom is 0.363 e. The number of aromatic nitrogens is 1. The Balaban J connectivity index is 1.69. The highest BCUT2D eigenvalue weighted by atomic mass is 32.1. The molecule has 1 N–H and O–H groups in total. The minimum atomic E-state index is -0.586. The average molecular weight is 356 g/mol. The molecule has 0 saturated heterocycles. The van der Waals surface area contributed by atoms with Crippen LogP contribution in [0, 0.1) is 5.82 Å². The number of anilines is 1. The highest BCUT2D eigenvalue weighted by Gasteiger charge is 2.14. The zero-order valence-electron chi connectivity index (χ0n) is 13.2. The molecule has 0 unspecified atom stereocenters. The van der Waals surface area contributed by atoms with Crippen LogP contribution >= 0.6 is 11.3 Å². The number of esters is 1. The van der Waals surface area contributed by atoms with E-state index in [1.165, 1.54) is 30.4 Å². The van der Waals surface area contributed by atoms with Crippen LogP contribution in [0.15, 0.2) is 53.9 Å². The van der Waals surface area contributed by atoms with Crippen LogP contribution in [0.3, 0.4) is 0 Å². The highest BCUT2D eigenvalue weighted by Crippen LogP contribution is 2.25. The first-order valence-electron chi connectivity index (χ1n) is 7.32. The fraction of sp³-hybridized carbons (Fsp3) is 0.0556. The van der Waals surface area contributed by atoms with Gasteiger partial charge in [0.1, 0.15) is 16.6 Å². The van der Waals surface area contributed by atoms with Crippen molar-refractivity contribution in [3.8, 4) is 16.3 Å². The van der Waals surface area contributed by atoms with E-state index in [1.807, 2.05) is 0 Å². The van der Waals surface area contributed by atoms with Crippen molar-refractivity contribution in [1.82, 2.24) is 4.98 Å². The molecular formula is C18H13FN2O3S. The lowest BCUT2D eigenvalue weighted by atomic mass is 10.2. The monoisotopic (exact) mass is 356 g/mol. The summed E-state index contributed by atoms with van der Waals surface area (Å²) in [5.74, 6) is -0.754. The van der Waals surface area contributed by atoms with Gasteiger partial charge in [0.2, 0.25) is 5.91 Å². The second kappa shape index (κ2) is 7.23. The number of nitrogens with one attached hydrogen (secondary N) is 1. The normalized spacial score (nSPS) is 10.3. The van der Waals surface area contributed by atoms with E-state index in [0.717, 1.165) is 5.56 Å². The van der Waals surface area contributed by atoms with Gasteiger partial charge in [-0.3, -0.25) is 4.79 Å². The van der Waals surface area contributed by atoms with Crippen molar-refractivity contribution in [2.24, 2.45) is 0 Å². The van der Waals surface area contributed by atoms with Crippen LogP contribution in [0.5, 0.6) is 5.75 Å². The number of amides is 1. The summed E-state index contributed by atoms with van der Waals surface area (Å²) in [7, 11) is 0. The van der Waals surface area contributed by atoms with Crippen molar-refractivity contribution in [3.63, 3.8) is 0 Å². The molecule has 2 aromatic carbocycles. The number of thiazole rings is 1. The minimum Gasteiger partial charge on any atom is -0.422 e. The number of hydrogen-bond acceptors (Lipinski definition) is 5. The first kappa shape index (κ1) is 16.8. The molecule has 126 valence electrons. The molecule has 1 aromatic heterocycles. The smallest absolute Gasteiger partial charge is 0.363 e. The van der Waals surface area contributed by atoms with Crippen LogP contribution in [-0.2, 0) is 4.79 Å². The summed E-state index contributed by atoms with van der Waals surface area (Å²) in [5.41, 5.74) is 1.51. The molecule has 25 heavy (non-hydrogen) atoms. The van der Waals surface area contributed by atoms with E-state index in [9.17, 15) is 14.0 Å². The van der Waals surface area contributed by atoms with E-state index in [4.69, 9.17) is 4.74 Å². The Hall–Kier alpha value is -3.06. The zero-order chi connectivity index (χ0) is 17.8. The lowest BCUT2D eigenvalue weighted by molar-refractivity contribution is -0.114. The van der Waals surface area contributed by atoms with Gasteiger partial charge in [0.05, 0.1) is 0 Å². The van der Waals surface area contributed by atoms with E-state index in [1.54, 1.807) is 41.8 Å². The number of nitrogens with zero attached hydrogens (tertiary/aromatic N) is 1. The lowest BCUT2D eigenvalue weighted by Gasteiger charge is -2.04. The molecule has 0 bridgehead atoms. The highest BCUT2D eigenvalue weighted by molar-refractivity contribution is 7.13. The molecule has 0 aliphatic rings. The summed E-state index contributed by atoms with van der Waals surface area (Å²) in [5, 5.41) is 4.82. The van der Waals surface area contributed by atoms with Crippen LogP contribution in [0.4, 0.5) is 10.1 Å². The van der Waals surface area contributed by atoms with Crippen LogP contribution in [0.2, 0.25) is 0 Å². The molecule has 1 amide bonds. The van der Waals surface area contributed by atoms with E-state index in [0.29, 0.717) is 16.4 Å². The Bertz CT molecular complexity index is 905. The van der Waals surface area contributed by atoms with Crippen molar-refractivity contribution >= 4 is 28.9 Å². The second-order valence-electron chi connectivity index (χ2n) is 5.14. The largest absolute Gasteiger partial charge is 0.422 e. The molecular weight excluding hydrogens is 343 g/mol. The Morgan fingerprint density at radius 3 is 2.40 bits per heavy atom. The van der Waals surface area contributed by atoms with Gasteiger partial charge in [-0.15, -0.1) is 11.3 Å². The van der Waals surface area contributed by atoms with Crippen molar-refractivity contribution in [1.29, 1.82) is 0 Å². The predicted molar refractivity (Wildman–Crippen MR) is 93.2 cm³/mol. The standard InChI is InChI=1S/C18H13FN2O3S/c1-11(22)20-14-6-8-15(9-7-14)24-18(23)16-10-25-17(21-16)12-2-4-13(19)5-3-12/h2-10H,1H3,(H,20,22). The Morgan fingerprint density at radius 2 is 1.76 bits per heavy atom. The van der Waals surface area contributed by atoms with Gasteiger partial charge in [-0.1, -0.05) is 0 Å². The lowest BCUT2D eigenvalue weighted by Crippen LogP contribution is -2.09. The molecule has 0 saturated carbocycles. The number of halogens is 1. The Morgan fingerprint density at radius 1 is 1.08 bits per heavy atom. The van der Waals surface area contributed by atoms with Gasteiger partial charge >= 0.3 is 5.97 Å². The summed E-state index contributed by atoms with van der Waals surface area (Å²) in [6.07, 6.45) is 0. The van der Waals surface area contributed by atoms with Crippen molar-refractivity contribution in [2.75, 3.05) is 5.32 Å². The van der Waals surface area contributed by atoms with Gasteiger partial charge < -0.3 is 10.1 Å². The van der Waals surface area contributed by atoms with Crippen LogP contribution in [-0.4, -0.2) is 16.9 Å². The third-order valence-corrected chi connectivity index (χ3v) is 4.08. The molecule has 0 atom stereocenters. The SMILES string of the molecule is CC(=O)Nc1ccc(OC(=O)c2csc(-c3ccc(F)cc3)n2)cc1. The van der Waals surface area contributed by atoms with Crippen LogP contribution in [0.25, 0.3) is 10.6 Å². The second-order valence-corrected chi connectivity index (χ2v) is 6.00. The summed E-state index contributed by atoms with van der Waals surface area (Å²) in [6, 6.07) is 12.3. The van der Waals surface area contributed by atoms with Crippen molar-refractivity contribution in [3.05, 3.63) is 65.4 Å². The molecule has 1 heterocycles. The molecule has 0 aliphatic carbocycles. The molecule has 0 fully saturated rings. The topological polar surface area (TPSA) is 68.3 Å². The van der Waals surface area contributed by atoms with Gasteiger partial charge in [0.15, 0.2) is 5.69 Å². The molecule has 0 aliphatic heterocycles. The fourth-order valence-corrected chi connectivity index (χ4v) is 2.86.